The summed E-state index contributed by atoms with van der Waals surface area (Å²) in [5.41, 5.74) is 5.93. The van der Waals surface area contributed by atoms with Crippen LogP contribution in [0.1, 0.15) is 22.5 Å². The van der Waals surface area contributed by atoms with Crippen LogP contribution < -0.4 is 10.1 Å². The second-order valence-corrected chi connectivity index (χ2v) is 8.83. The summed E-state index contributed by atoms with van der Waals surface area (Å²) in [4.78, 5) is 8.89. The van der Waals surface area contributed by atoms with Crippen LogP contribution in [-0.2, 0) is 20.0 Å². The highest BCUT2D eigenvalue weighted by atomic mass is 35.5. The smallest absolute Gasteiger partial charge is 0.219 e. The number of pyridine rings is 1. The number of hydrogen-bond donors (Lipinski definition) is 2. The predicted molar refractivity (Wildman–Crippen MR) is 135 cm³/mol. The van der Waals surface area contributed by atoms with Crippen LogP contribution in [0, 0.1) is 6.92 Å². The quantitative estimate of drug-likeness (QED) is 0.278. The van der Waals surface area contributed by atoms with E-state index >= 15 is 0 Å². The Morgan fingerprint density at radius 2 is 1.82 bits per heavy atom. The molecular formula is C25H22Cl2N6O. The second-order valence-electron chi connectivity index (χ2n) is 8.02. The molecule has 0 spiro atoms. The first kappa shape index (κ1) is 22.3. The van der Waals surface area contributed by atoms with E-state index in [4.69, 9.17) is 32.9 Å². The molecule has 172 valence electrons. The largest absolute Gasteiger partial charge is 0.439 e. The number of rotatable bonds is 7. The van der Waals surface area contributed by atoms with E-state index in [0.29, 0.717) is 34.6 Å². The van der Waals surface area contributed by atoms with E-state index in [1.54, 1.807) is 18.3 Å². The average Bonchev–Trinajstić information content (AvgIpc) is 3.33. The first-order chi connectivity index (χ1) is 16.5. The number of aromatic nitrogens is 5. The lowest BCUT2D eigenvalue weighted by Gasteiger charge is -2.08. The highest BCUT2D eigenvalue weighted by Gasteiger charge is 2.12. The van der Waals surface area contributed by atoms with Gasteiger partial charge in [0.2, 0.25) is 11.8 Å². The summed E-state index contributed by atoms with van der Waals surface area (Å²) in [6, 6.07) is 17.5. The molecule has 0 saturated carbocycles. The fourth-order valence-corrected chi connectivity index (χ4v) is 3.94. The molecule has 0 atom stereocenters. The van der Waals surface area contributed by atoms with E-state index in [1.807, 2.05) is 44.3 Å². The lowest BCUT2D eigenvalue weighted by molar-refractivity contribution is 0.463. The van der Waals surface area contributed by atoms with E-state index in [9.17, 15) is 0 Å². The van der Waals surface area contributed by atoms with Gasteiger partial charge in [0.05, 0.1) is 32.5 Å². The average molecular weight is 493 g/mol. The lowest BCUT2D eigenvalue weighted by atomic mass is 10.1. The van der Waals surface area contributed by atoms with Crippen molar-refractivity contribution in [2.45, 2.75) is 19.9 Å². The number of nitrogens with zero attached hydrogens (tertiary/aromatic N) is 4. The number of H-pyrrole nitrogens is 1. The molecule has 2 aromatic carbocycles. The zero-order chi connectivity index (χ0) is 23.7. The zero-order valence-electron chi connectivity index (χ0n) is 18.6. The number of aryl methyl sites for hydroxylation is 2. The van der Waals surface area contributed by atoms with E-state index in [0.717, 1.165) is 39.5 Å². The lowest BCUT2D eigenvalue weighted by Crippen LogP contribution is -2.05. The molecule has 0 aliphatic carbocycles. The van der Waals surface area contributed by atoms with Crippen LogP contribution in [0.3, 0.4) is 0 Å². The van der Waals surface area contributed by atoms with Crippen molar-refractivity contribution in [3.05, 3.63) is 93.4 Å². The van der Waals surface area contributed by atoms with Crippen LogP contribution in [0.5, 0.6) is 11.6 Å². The number of imidazole rings is 1. The van der Waals surface area contributed by atoms with Gasteiger partial charge >= 0.3 is 0 Å². The summed E-state index contributed by atoms with van der Waals surface area (Å²) in [6.07, 6.45) is 2.22. The fraction of sp³-hybridized carbons (Fsp3) is 0.160. The number of halogens is 2. The zero-order valence-corrected chi connectivity index (χ0v) is 20.2. The van der Waals surface area contributed by atoms with Crippen molar-refractivity contribution in [2.75, 3.05) is 5.32 Å². The maximum absolute atomic E-state index is 6.33. The Labute approximate surface area is 206 Å². The van der Waals surface area contributed by atoms with Gasteiger partial charge in [-0.3, -0.25) is 5.10 Å². The number of fused-ring (bicyclic) bond motifs is 1. The Morgan fingerprint density at radius 1 is 1.03 bits per heavy atom. The normalized spacial score (nSPS) is 11.2. The number of nitrogens with one attached hydrogen (secondary N) is 2. The minimum Gasteiger partial charge on any atom is -0.439 e. The third kappa shape index (κ3) is 4.71. The molecule has 0 aliphatic rings. The fourth-order valence-electron chi connectivity index (χ4n) is 3.68. The first-order valence-corrected chi connectivity index (χ1v) is 11.5. The van der Waals surface area contributed by atoms with Gasteiger partial charge in [-0.2, -0.15) is 5.10 Å². The van der Waals surface area contributed by atoms with E-state index < -0.39 is 0 Å². The van der Waals surface area contributed by atoms with Gasteiger partial charge in [0.25, 0.3) is 0 Å². The Kier molecular flexibility index (Phi) is 6.13. The van der Waals surface area contributed by atoms with Gasteiger partial charge in [-0.05, 0) is 48.4 Å². The SMILES string of the molecule is Cc1[nH]nc(Cc2ccc3nc(NCc4ccc(Oc5ccc(Cl)cn5)cc4)n(C)c3c2)c1Cl. The van der Waals surface area contributed by atoms with Crippen LogP contribution in [0.4, 0.5) is 5.95 Å². The number of ether oxygens (including phenoxy) is 1. The van der Waals surface area contributed by atoms with E-state index in [-0.39, 0.29) is 0 Å². The standard InChI is InChI=1S/C25H22Cl2N6O/c1-15-24(27)21(32-31-15)11-17-5-9-20-22(12-17)33(2)25(30-20)29-13-16-3-7-19(8-4-16)34-23-10-6-18(26)14-28-23/h3-10,12,14H,11,13H2,1-2H3,(H,29,30)(H,31,32). The molecular weight excluding hydrogens is 471 g/mol. The molecule has 3 heterocycles. The van der Waals surface area contributed by atoms with Crippen molar-refractivity contribution >= 4 is 40.2 Å². The van der Waals surface area contributed by atoms with Crippen LogP contribution in [0.25, 0.3) is 11.0 Å². The molecule has 2 N–H and O–H groups in total. The van der Waals surface area contributed by atoms with E-state index in [1.165, 1.54) is 0 Å². The number of anilines is 1. The van der Waals surface area contributed by atoms with Crippen molar-refractivity contribution < 1.29 is 4.74 Å². The molecule has 0 unspecified atom stereocenters. The molecule has 0 saturated heterocycles. The summed E-state index contributed by atoms with van der Waals surface area (Å²) in [7, 11) is 2.00. The second kappa shape index (κ2) is 9.37. The van der Waals surface area contributed by atoms with Crippen LogP contribution in [0.2, 0.25) is 10.0 Å². The van der Waals surface area contributed by atoms with Crippen molar-refractivity contribution in [3.63, 3.8) is 0 Å². The molecule has 9 heteroatoms. The predicted octanol–water partition coefficient (Wildman–Crippen LogP) is 6.30. The van der Waals surface area contributed by atoms with E-state index in [2.05, 4.69) is 37.2 Å². The Bertz CT molecular complexity index is 1440. The Balaban J connectivity index is 1.26. The van der Waals surface area contributed by atoms with Crippen molar-refractivity contribution in [1.82, 2.24) is 24.7 Å². The molecule has 0 radical (unpaired) electrons. The monoisotopic (exact) mass is 492 g/mol. The highest BCUT2D eigenvalue weighted by Crippen LogP contribution is 2.25. The Hall–Kier alpha value is -3.55. The Morgan fingerprint density at radius 3 is 2.53 bits per heavy atom. The molecule has 7 nitrogen and oxygen atoms in total. The van der Waals surface area contributed by atoms with Gasteiger partial charge in [-0.1, -0.05) is 41.4 Å². The molecule has 5 aromatic rings. The highest BCUT2D eigenvalue weighted by molar-refractivity contribution is 6.31. The number of benzene rings is 2. The van der Waals surface area contributed by atoms with Gasteiger partial charge in [-0.15, -0.1) is 0 Å². The van der Waals surface area contributed by atoms with Crippen LogP contribution in [0.15, 0.2) is 60.8 Å². The third-order valence-electron chi connectivity index (χ3n) is 5.55. The summed E-state index contributed by atoms with van der Waals surface area (Å²) < 4.78 is 7.81. The van der Waals surface area contributed by atoms with Gasteiger partial charge in [-0.25, -0.2) is 9.97 Å². The van der Waals surface area contributed by atoms with Crippen molar-refractivity contribution in [3.8, 4) is 11.6 Å². The molecule has 0 bridgehead atoms. The molecule has 5 rings (SSSR count). The summed E-state index contributed by atoms with van der Waals surface area (Å²) in [6.45, 7) is 2.55. The van der Waals surface area contributed by atoms with Crippen molar-refractivity contribution in [1.29, 1.82) is 0 Å². The van der Waals surface area contributed by atoms with Crippen molar-refractivity contribution in [2.24, 2.45) is 7.05 Å². The molecule has 0 amide bonds. The number of hydrogen-bond acceptors (Lipinski definition) is 5. The maximum atomic E-state index is 6.33. The van der Waals surface area contributed by atoms with Gasteiger partial charge in [0.1, 0.15) is 5.75 Å². The molecule has 0 fully saturated rings. The maximum Gasteiger partial charge on any atom is 0.219 e. The first-order valence-electron chi connectivity index (χ1n) is 10.7. The molecule has 0 aliphatic heterocycles. The van der Waals surface area contributed by atoms with Crippen LogP contribution in [-0.4, -0.2) is 24.7 Å². The van der Waals surface area contributed by atoms with Gasteiger partial charge in [0.15, 0.2) is 0 Å². The third-order valence-corrected chi connectivity index (χ3v) is 6.28. The topological polar surface area (TPSA) is 80.7 Å². The minimum atomic E-state index is 0.499. The summed E-state index contributed by atoms with van der Waals surface area (Å²) in [5.74, 6) is 2.01. The van der Waals surface area contributed by atoms with Gasteiger partial charge in [0, 0.05) is 32.3 Å². The van der Waals surface area contributed by atoms with Crippen LogP contribution >= 0.6 is 23.2 Å². The summed E-state index contributed by atoms with van der Waals surface area (Å²) in [5, 5.41) is 11.9. The molecule has 3 aromatic heterocycles. The molecule has 34 heavy (non-hydrogen) atoms. The number of aromatic amines is 1. The summed E-state index contributed by atoms with van der Waals surface area (Å²) >= 11 is 12.2. The van der Waals surface area contributed by atoms with Gasteiger partial charge < -0.3 is 14.6 Å². The minimum absolute atomic E-state index is 0.499.